The molecule has 86 valence electrons. The monoisotopic (exact) mass is 260 g/mol. The Morgan fingerprint density at radius 3 is 2.56 bits per heavy atom. The molecule has 0 spiro atoms. The molecule has 16 heavy (non-hydrogen) atoms. The summed E-state index contributed by atoms with van der Waals surface area (Å²) in [5, 5.41) is 10.5. The Labute approximate surface area is 103 Å². The molecule has 0 saturated carbocycles. The van der Waals surface area contributed by atoms with Crippen molar-refractivity contribution in [1.29, 1.82) is 0 Å². The summed E-state index contributed by atoms with van der Waals surface area (Å²) in [7, 11) is 1.63. The first kappa shape index (κ1) is 11.5. The van der Waals surface area contributed by atoms with E-state index in [4.69, 9.17) is 23.2 Å². The molecule has 0 aliphatic carbocycles. The number of amides is 2. The summed E-state index contributed by atoms with van der Waals surface area (Å²) in [5.74, 6) is 0. The lowest BCUT2D eigenvalue weighted by molar-refractivity contribution is 0.183. The predicted octanol–water partition coefficient (Wildman–Crippen LogP) is 2.18. The van der Waals surface area contributed by atoms with Crippen LogP contribution in [0, 0.1) is 0 Å². The second-order valence-corrected chi connectivity index (χ2v) is 4.43. The molecule has 0 aromatic heterocycles. The molecule has 0 bridgehead atoms. The zero-order chi connectivity index (χ0) is 11.9. The molecule has 1 N–H and O–H groups in total. The van der Waals surface area contributed by atoms with Crippen molar-refractivity contribution in [2.24, 2.45) is 0 Å². The number of hydrogen-bond acceptors (Lipinski definition) is 2. The number of aliphatic hydroxyl groups excluding tert-OH is 1. The number of carbonyl (C=O) groups excluding carboxylic acids is 1. The average molecular weight is 261 g/mol. The van der Waals surface area contributed by atoms with Crippen LogP contribution in [0.4, 0.5) is 10.5 Å². The van der Waals surface area contributed by atoms with Gasteiger partial charge in [-0.1, -0.05) is 23.2 Å². The highest BCUT2D eigenvalue weighted by atomic mass is 35.5. The number of nitrogens with zero attached hydrogens (tertiary/aromatic N) is 2. The fraction of sp³-hybridized carbons (Fsp3) is 0.300. The smallest absolute Gasteiger partial charge is 0.326 e. The van der Waals surface area contributed by atoms with Gasteiger partial charge < -0.3 is 10.0 Å². The number of rotatable bonds is 1. The summed E-state index contributed by atoms with van der Waals surface area (Å²) in [6.45, 7) is 0.277. The fourth-order valence-electron chi connectivity index (χ4n) is 1.63. The predicted molar refractivity (Wildman–Crippen MR) is 63.0 cm³/mol. The van der Waals surface area contributed by atoms with Gasteiger partial charge in [-0.3, -0.25) is 4.90 Å². The van der Waals surface area contributed by atoms with Gasteiger partial charge in [0, 0.05) is 12.7 Å². The lowest BCUT2D eigenvalue weighted by Crippen LogP contribution is -2.34. The molecule has 1 saturated heterocycles. The largest absolute Gasteiger partial charge is 0.371 e. The van der Waals surface area contributed by atoms with Gasteiger partial charge in [-0.15, -0.1) is 0 Å². The second kappa shape index (κ2) is 4.13. The van der Waals surface area contributed by atoms with Crippen LogP contribution in [-0.2, 0) is 0 Å². The Kier molecular flexibility index (Phi) is 2.97. The molecule has 1 unspecified atom stereocenters. The van der Waals surface area contributed by atoms with E-state index in [9.17, 15) is 9.90 Å². The van der Waals surface area contributed by atoms with Crippen LogP contribution in [0.3, 0.4) is 0 Å². The lowest BCUT2D eigenvalue weighted by Gasteiger charge is -2.19. The molecule has 1 aromatic rings. The SMILES string of the molecule is CN1CC(O)N(c2ccc(Cl)c(Cl)c2)C1=O. The first-order valence-electron chi connectivity index (χ1n) is 4.68. The van der Waals surface area contributed by atoms with Crippen molar-refractivity contribution in [3.63, 3.8) is 0 Å². The molecule has 6 heteroatoms. The van der Waals surface area contributed by atoms with E-state index in [0.29, 0.717) is 15.7 Å². The minimum atomic E-state index is -0.852. The molecule has 1 aromatic carbocycles. The third-order valence-corrected chi connectivity index (χ3v) is 3.19. The fourth-order valence-corrected chi connectivity index (χ4v) is 1.93. The van der Waals surface area contributed by atoms with E-state index in [1.807, 2.05) is 0 Å². The van der Waals surface area contributed by atoms with Crippen LogP contribution in [0.5, 0.6) is 0 Å². The van der Waals surface area contributed by atoms with Crippen LogP contribution in [0.15, 0.2) is 18.2 Å². The van der Waals surface area contributed by atoms with Gasteiger partial charge in [-0.2, -0.15) is 0 Å². The highest BCUT2D eigenvalue weighted by molar-refractivity contribution is 6.42. The third kappa shape index (κ3) is 1.84. The van der Waals surface area contributed by atoms with Crippen LogP contribution < -0.4 is 4.90 Å². The number of β-amino-alcohol motifs (C(OH)–C–C–N with tert-alkyl or cyclic N) is 1. The first-order valence-corrected chi connectivity index (χ1v) is 5.43. The summed E-state index contributed by atoms with van der Waals surface area (Å²) in [6.07, 6.45) is -0.852. The molecule has 0 radical (unpaired) electrons. The van der Waals surface area contributed by atoms with E-state index in [1.165, 1.54) is 9.80 Å². The summed E-state index contributed by atoms with van der Waals surface area (Å²) in [4.78, 5) is 14.4. The van der Waals surface area contributed by atoms with E-state index in [1.54, 1.807) is 25.2 Å². The van der Waals surface area contributed by atoms with E-state index in [0.717, 1.165) is 0 Å². The van der Waals surface area contributed by atoms with E-state index < -0.39 is 6.23 Å². The highest BCUT2D eigenvalue weighted by Crippen LogP contribution is 2.30. The molecule has 4 nitrogen and oxygen atoms in total. The molecule has 1 atom stereocenters. The molecule has 1 aliphatic heterocycles. The third-order valence-electron chi connectivity index (χ3n) is 2.45. The van der Waals surface area contributed by atoms with Crippen molar-refractivity contribution >= 4 is 34.9 Å². The van der Waals surface area contributed by atoms with Crippen LogP contribution in [-0.4, -0.2) is 35.9 Å². The number of urea groups is 1. The number of carbonyl (C=O) groups is 1. The molecule has 2 rings (SSSR count). The van der Waals surface area contributed by atoms with Crippen molar-refractivity contribution in [3.8, 4) is 0 Å². The maximum Gasteiger partial charge on any atom is 0.326 e. The number of anilines is 1. The van der Waals surface area contributed by atoms with Crippen LogP contribution in [0.2, 0.25) is 10.0 Å². The second-order valence-electron chi connectivity index (χ2n) is 3.61. The Balaban J connectivity index is 2.37. The molecule has 1 fully saturated rings. The Morgan fingerprint density at radius 2 is 2.06 bits per heavy atom. The molecular formula is C10H10Cl2N2O2. The number of hydrogen-bond donors (Lipinski definition) is 1. The number of benzene rings is 1. The molecule has 1 aliphatic rings. The maximum absolute atomic E-state index is 11.7. The normalized spacial score (nSPS) is 20.8. The van der Waals surface area contributed by atoms with Crippen LogP contribution in [0.25, 0.3) is 0 Å². The van der Waals surface area contributed by atoms with Gasteiger partial charge >= 0.3 is 6.03 Å². The maximum atomic E-state index is 11.7. The topological polar surface area (TPSA) is 43.8 Å². The molecule has 1 heterocycles. The van der Waals surface area contributed by atoms with E-state index >= 15 is 0 Å². The minimum absolute atomic E-state index is 0.258. The Morgan fingerprint density at radius 1 is 1.38 bits per heavy atom. The van der Waals surface area contributed by atoms with Gasteiger partial charge in [0.05, 0.1) is 16.6 Å². The van der Waals surface area contributed by atoms with Crippen molar-refractivity contribution in [2.45, 2.75) is 6.23 Å². The van der Waals surface area contributed by atoms with Crippen molar-refractivity contribution in [3.05, 3.63) is 28.2 Å². The van der Waals surface area contributed by atoms with Gasteiger partial charge in [-0.05, 0) is 18.2 Å². The van der Waals surface area contributed by atoms with Crippen molar-refractivity contribution < 1.29 is 9.90 Å². The van der Waals surface area contributed by atoms with Gasteiger partial charge in [-0.25, -0.2) is 4.79 Å². The number of aliphatic hydroxyl groups is 1. The van der Waals surface area contributed by atoms with Gasteiger partial charge in [0.25, 0.3) is 0 Å². The minimum Gasteiger partial charge on any atom is -0.371 e. The summed E-state index contributed by atoms with van der Waals surface area (Å²) < 4.78 is 0. The first-order chi connectivity index (χ1) is 7.50. The van der Waals surface area contributed by atoms with Crippen molar-refractivity contribution in [2.75, 3.05) is 18.5 Å². The van der Waals surface area contributed by atoms with Crippen LogP contribution >= 0.6 is 23.2 Å². The Hall–Kier alpha value is -0.970. The van der Waals surface area contributed by atoms with E-state index in [2.05, 4.69) is 0 Å². The summed E-state index contributed by atoms with van der Waals surface area (Å²) >= 11 is 11.6. The molecule has 2 amide bonds. The lowest BCUT2D eigenvalue weighted by atomic mass is 10.3. The van der Waals surface area contributed by atoms with Gasteiger partial charge in [0.1, 0.15) is 0 Å². The zero-order valence-electron chi connectivity index (χ0n) is 8.52. The Bertz CT molecular complexity index is 439. The summed E-state index contributed by atoms with van der Waals surface area (Å²) in [6, 6.07) is 4.54. The standard InChI is InChI=1S/C10H10Cl2N2O2/c1-13-5-9(15)14(10(13)16)6-2-3-7(11)8(12)4-6/h2-4,9,15H,5H2,1H3. The van der Waals surface area contributed by atoms with E-state index in [-0.39, 0.29) is 12.6 Å². The number of halogens is 2. The highest BCUT2D eigenvalue weighted by Gasteiger charge is 2.34. The van der Waals surface area contributed by atoms with Crippen molar-refractivity contribution in [1.82, 2.24) is 4.90 Å². The van der Waals surface area contributed by atoms with Gasteiger partial charge in [0.15, 0.2) is 6.23 Å². The quantitative estimate of drug-likeness (QED) is 0.842. The number of likely N-dealkylation sites (N-methyl/N-ethyl adjacent to an activating group) is 1. The van der Waals surface area contributed by atoms with Gasteiger partial charge in [0.2, 0.25) is 0 Å². The zero-order valence-corrected chi connectivity index (χ0v) is 10.0. The average Bonchev–Trinajstić information content (AvgIpc) is 2.47. The molecular weight excluding hydrogens is 251 g/mol. The van der Waals surface area contributed by atoms with Crippen LogP contribution in [0.1, 0.15) is 0 Å². The summed E-state index contributed by atoms with van der Waals surface area (Å²) in [5.41, 5.74) is 0.538.